The maximum Gasteiger partial charge on any atom is 0.262 e. The number of aryl methyl sites for hydroxylation is 1. The fourth-order valence-corrected chi connectivity index (χ4v) is 9.73. The number of benzene rings is 1. The summed E-state index contributed by atoms with van der Waals surface area (Å²) in [4.78, 5) is 68.6. The Bertz CT molecular complexity index is 2020. The molecule has 7 heterocycles. The van der Waals surface area contributed by atoms with Crippen molar-refractivity contribution >= 4 is 46.9 Å². The summed E-state index contributed by atoms with van der Waals surface area (Å²) in [6.07, 6.45) is 13.1. The number of nitrogens with zero attached hydrogens (tertiary/aromatic N) is 8. The number of piperidine rings is 3. The highest BCUT2D eigenvalue weighted by Gasteiger charge is 2.45. The maximum absolute atomic E-state index is 13.3. The number of anilines is 2. The van der Waals surface area contributed by atoms with Crippen LogP contribution in [-0.4, -0.2) is 123 Å². The Morgan fingerprint density at radius 1 is 0.804 bits per heavy atom. The number of amides is 4. The van der Waals surface area contributed by atoms with Gasteiger partial charge in [0.25, 0.3) is 11.8 Å². The van der Waals surface area contributed by atoms with Crippen molar-refractivity contribution in [1.82, 2.24) is 39.8 Å². The fourth-order valence-electron chi connectivity index (χ4n) is 9.53. The summed E-state index contributed by atoms with van der Waals surface area (Å²) in [6.45, 7) is 8.42. The van der Waals surface area contributed by atoms with Crippen LogP contribution >= 0.6 is 11.6 Å². The summed E-state index contributed by atoms with van der Waals surface area (Å²) in [5.74, 6) is 0.826. The lowest BCUT2D eigenvalue weighted by Gasteiger charge is -2.39. The van der Waals surface area contributed by atoms with E-state index < -0.39 is 23.8 Å². The Kier molecular flexibility index (Phi) is 10.3. The minimum atomic E-state index is -0.951. The van der Waals surface area contributed by atoms with Crippen LogP contribution in [0.5, 0.6) is 0 Å². The topological polar surface area (TPSA) is 149 Å². The largest absolute Gasteiger partial charge is 0.371 e. The first-order chi connectivity index (χ1) is 27.2. The van der Waals surface area contributed by atoms with Gasteiger partial charge in [0.2, 0.25) is 17.8 Å². The summed E-state index contributed by atoms with van der Waals surface area (Å²) in [7, 11) is 2.00. The smallest absolute Gasteiger partial charge is 0.262 e. The van der Waals surface area contributed by atoms with E-state index in [-0.39, 0.29) is 18.7 Å². The Hall–Kier alpha value is -4.40. The molecule has 2 atom stereocenters. The van der Waals surface area contributed by atoms with Gasteiger partial charge in [0.05, 0.1) is 34.2 Å². The van der Waals surface area contributed by atoms with Gasteiger partial charge in [-0.15, -0.1) is 0 Å². The molecule has 0 bridgehead atoms. The molecule has 3 aromatic rings. The van der Waals surface area contributed by atoms with Gasteiger partial charge in [0, 0.05) is 75.7 Å². The lowest BCUT2D eigenvalue weighted by atomic mass is 9.92. The number of rotatable bonds is 11. The summed E-state index contributed by atoms with van der Waals surface area (Å²) in [5.41, 5.74) is 4.56. The molecule has 1 aliphatic carbocycles. The summed E-state index contributed by atoms with van der Waals surface area (Å²) in [6, 6.07) is 4.79. The number of halogens is 1. The molecule has 2 aromatic heterocycles. The lowest BCUT2D eigenvalue weighted by Crippen LogP contribution is -2.54. The van der Waals surface area contributed by atoms with Gasteiger partial charge in [-0.1, -0.05) is 11.6 Å². The summed E-state index contributed by atoms with van der Waals surface area (Å²) < 4.78 is 1.96. The minimum Gasteiger partial charge on any atom is -0.371 e. The summed E-state index contributed by atoms with van der Waals surface area (Å²) >= 11 is 6.62. The van der Waals surface area contributed by atoms with Crippen LogP contribution in [0.3, 0.4) is 0 Å². The van der Waals surface area contributed by atoms with Gasteiger partial charge in [-0.05, 0) is 107 Å². The number of hydrogen-bond acceptors (Lipinski definition) is 11. The SMILES string of the molecule is Cn1ncc(-c2nc(NC3CCN(CC4CCN(CC5CCN(c6ccc7c(c6)C(=O)N(C6CCC(=O)NC6=O)C7=O)CC5)CC4)C3)ncc2Cl)c1CC1CC1. The Labute approximate surface area is 332 Å². The second-order valence-electron chi connectivity index (χ2n) is 16.9. The van der Waals surface area contributed by atoms with Gasteiger partial charge >= 0.3 is 0 Å². The van der Waals surface area contributed by atoms with Crippen LogP contribution < -0.4 is 15.5 Å². The van der Waals surface area contributed by atoms with Crippen molar-refractivity contribution in [2.45, 2.75) is 76.3 Å². The average molecular weight is 783 g/mol. The first-order valence-corrected chi connectivity index (χ1v) is 20.9. The van der Waals surface area contributed by atoms with Gasteiger partial charge in [-0.3, -0.25) is 34.1 Å². The molecule has 5 aliphatic heterocycles. The number of aromatic nitrogens is 4. The molecule has 6 aliphatic rings. The third-order valence-corrected chi connectivity index (χ3v) is 13.3. The van der Waals surface area contributed by atoms with Gasteiger partial charge in [-0.25, -0.2) is 9.97 Å². The van der Waals surface area contributed by atoms with Crippen LogP contribution in [0.2, 0.25) is 5.02 Å². The molecule has 1 saturated carbocycles. The zero-order chi connectivity index (χ0) is 38.5. The van der Waals surface area contributed by atoms with Crippen LogP contribution in [0.15, 0.2) is 30.6 Å². The number of carbonyl (C=O) groups is 4. The molecule has 0 spiro atoms. The van der Waals surface area contributed by atoms with Crippen LogP contribution in [0, 0.1) is 17.8 Å². The maximum atomic E-state index is 13.3. The quantitative estimate of drug-likeness (QED) is 0.272. The predicted octanol–water partition coefficient (Wildman–Crippen LogP) is 4.00. The predicted molar refractivity (Wildman–Crippen MR) is 211 cm³/mol. The molecule has 4 amide bonds. The molecule has 296 valence electrons. The molecule has 0 radical (unpaired) electrons. The zero-order valence-corrected chi connectivity index (χ0v) is 32.8. The molecule has 15 heteroatoms. The van der Waals surface area contributed by atoms with Crippen LogP contribution in [0.25, 0.3) is 11.3 Å². The van der Waals surface area contributed by atoms with Gasteiger partial charge < -0.3 is 20.0 Å². The number of hydrogen-bond donors (Lipinski definition) is 2. The van der Waals surface area contributed by atoms with Crippen molar-refractivity contribution in [3.63, 3.8) is 0 Å². The molecule has 5 fully saturated rings. The van der Waals surface area contributed by atoms with Crippen molar-refractivity contribution in [3.8, 4) is 11.3 Å². The molecular weight excluding hydrogens is 732 g/mol. The van der Waals surface area contributed by atoms with E-state index >= 15 is 0 Å². The third-order valence-electron chi connectivity index (χ3n) is 13.0. The monoisotopic (exact) mass is 782 g/mol. The van der Waals surface area contributed by atoms with Crippen molar-refractivity contribution in [2.75, 3.05) is 62.6 Å². The highest BCUT2D eigenvalue weighted by molar-refractivity contribution is 6.33. The van der Waals surface area contributed by atoms with Crippen LogP contribution in [-0.2, 0) is 23.1 Å². The molecule has 1 aromatic carbocycles. The second-order valence-corrected chi connectivity index (χ2v) is 17.3. The number of fused-ring (bicyclic) bond motifs is 1. The van der Waals surface area contributed by atoms with Gasteiger partial charge in [-0.2, -0.15) is 5.10 Å². The molecular formula is C41H51ClN10O4. The van der Waals surface area contributed by atoms with Crippen molar-refractivity contribution < 1.29 is 19.2 Å². The lowest BCUT2D eigenvalue weighted by molar-refractivity contribution is -0.136. The van der Waals surface area contributed by atoms with E-state index in [1.807, 2.05) is 24.0 Å². The summed E-state index contributed by atoms with van der Waals surface area (Å²) in [5, 5.41) is 10.9. The Morgan fingerprint density at radius 2 is 1.52 bits per heavy atom. The molecule has 2 unspecified atom stereocenters. The van der Waals surface area contributed by atoms with Crippen molar-refractivity contribution in [2.24, 2.45) is 24.8 Å². The standard InChI is InChI=1S/C41H51ClN10O4/c1-48-35(18-25-2-3-25)32(20-44-48)37-33(42)21-43-41(47-37)45-28-12-15-50(24-28)23-26-8-13-49(14-9-26)22-27-10-16-51(17-11-27)29-4-5-30-31(19-29)40(56)52(39(30)55)34-6-7-36(53)46-38(34)54/h4-5,19-21,25-28,34H,2-3,6-18,22-24H2,1H3,(H,43,45,47)(H,46,53,54). The molecule has 56 heavy (non-hydrogen) atoms. The molecule has 9 rings (SSSR count). The van der Waals surface area contributed by atoms with Crippen molar-refractivity contribution in [1.29, 1.82) is 0 Å². The first kappa shape index (κ1) is 37.2. The van der Waals surface area contributed by atoms with E-state index in [1.165, 1.54) is 31.4 Å². The highest BCUT2D eigenvalue weighted by Crippen LogP contribution is 2.37. The average Bonchev–Trinajstić information content (AvgIpc) is 3.72. The number of imide groups is 2. The highest BCUT2D eigenvalue weighted by atomic mass is 35.5. The third kappa shape index (κ3) is 7.67. The van der Waals surface area contributed by atoms with Crippen molar-refractivity contribution in [3.05, 3.63) is 52.4 Å². The first-order valence-electron chi connectivity index (χ1n) is 20.5. The normalized spacial score (nSPS) is 24.3. The van der Waals surface area contributed by atoms with E-state index in [0.29, 0.717) is 40.0 Å². The van der Waals surface area contributed by atoms with E-state index in [0.717, 1.165) is 106 Å². The second kappa shape index (κ2) is 15.5. The van der Waals surface area contributed by atoms with Gasteiger partial charge in [0.1, 0.15) is 6.04 Å². The van der Waals surface area contributed by atoms with Crippen LogP contribution in [0.4, 0.5) is 11.6 Å². The minimum absolute atomic E-state index is 0.109. The Morgan fingerprint density at radius 3 is 2.27 bits per heavy atom. The number of carbonyl (C=O) groups excluding carboxylic acids is 4. The zero-order valence-electron chi connectivity index (χ0n) is 32.1. The molecule has 2 N–H and O–H groups in total. The number of likely N-dealkylation sites (tertiary alicyclic amines) is 2. The van der Waals surface area contributed by atoms with E-state index in [2.05, 4.69) is 35.4 Å². The van der Waals surface area contributed by atoms with Gasteiger partial charge in [0.15, 0.2) is 0 Å². The van der Waals surface area contributed by atoms with Crippen LogP contribution in [0.1, 0.15) is 84.2 Å². The van der Waals surface area contributed by atoms with E-state index in [4.69, 9.17) is 16.6 Å². The molecule has 4 saturated heterocycles. The Balaban J connectivity index is 0.712. The number of nitrogens with one attached hydrogen (secondary N) is 2. The molecule has 14 nitrogen and oxygen atoms in total. The van der Waals surface area contributed by atoms with E-state index in [9.17, 15) is 19.2 Å². The fraction of sp³-hybridized carbons (Fsp3) is 0.585. The van der Waals surface area contributed by atoms with E-state index in [1.54, 1.807) is 18.3 Å².